The van der Waals surface area contributed by atoms with Gasteiger partial charge in [0.2, 0.25) is 0 Å². The molecule has 92 valence electrons. The number of hydrogen-bond acceptors (Lipinski definition) is 5. The second-order valence-corrected chi connectivity index (χ2v) is 4.81. The maximum Gasteiger partial charge on any atom is 0.188 e. The van der Waals surface area contributed by atoms with Gasteiger partial charge in [-0.1, -0.05) is 28.5 Å². The summed E-state index contributed by atoms with van der Waals surface area (Å²) in [5.74, 6) is -0.0264. The zero-order valence-corrected chi connectivity index (χ0v) is 10.7. The molecule has 0 saturated carbocycles. The van der Waals surface area contributed by atoms with Gasteiger partial charge in [-0.05, 0) is 24.3 Å². The summed E-state index contributed by atoms with van der Waals surface area (Å²) in [5, 5.41) is 12.9. The van der Waals surface area contributed by atoms with E-state index in [1.54, 1.807) is 24.5 Å². The first-order chi connectivity index (χ1) is 8.69. The van der Waals surface area contributed by atoms with Crippen LogP contribution in [0.15, 0.2) is 51.7 Å². The van der Waals surface area contributed by atoms with E-state index in [-0.39, 0.29) is 5.84 Å². The minimum absolute atomic E-state index is 0.0264. The van der Waals surface area contributed by atoms with Gasteiger partial charge in [0.25, 0.3) is 0 Å². The van der Waals surface area contributed by atoms with Crippen molar-refractivity contribution in [2.45, 2.75) is 9.92 Å². The molecule has 0 aliphatic carbocycles. The summed E-state index contributed by atoms with van der Waals surface area (Å²) in [5.41, 5.74) is 5.88. The minimum Gasteiger partial charge on any atom is -0.409 e. The van der Waals surface area contributed by atoms with Crippen molar-refractivity contribution in [3.05, 3.63) is 47.4 Å². The van der Waals surface area contributed by atoms with E-state index >= 15 is 0 Å². The van der Waals surface area contributed by atoms with Gasteiger partial charge in [-0.25, -0.2) is 4.98 Å². The van der Waals surface area contributed by atoms with Crippen LogP contribution in [-0.2, 0) is 0 Å². The van der Waals surface area contributed by atoms with Gasteiger partial charge in [0, 0.05) is 17.3 Å². The number of amidine groups is 1. The Morgan fingerprint density at radius 3 is 2.83 bits per heavy atom. The lowest BCUT2D eigenvalue weighted by molar-refractivity contribution is 0.318. The average Bonchev–Trinajstić information content (AvgIpc) is 2.41. The summed E-state index contributed by atoms with van der Waals surface area (Å²) in [6.07, 6.45) is 3.17. The Labute approximate surface area is 113 Å². The Balaban J connectivity index is 2.22. The monoisotopic (exact) mass is 280 g/mol. The van der Waals surface area contributed by atoms with E-state index in [4.69, 9.17) is 22.5 Å². The molecule has 0 amide bonds. The predicted molar refractivity (Wildman–Crippen MR) is 70.1 cm³/mol. The van der Waals surface area contributed by atoms with Crippen LogP contribution in [0.1, 0.15) is 5.69 Å². The Morgan fingerprint density at radius 1 is 1.33 bits per heavy atom. The van der Waals surface area contributed by atoms with Crippen molar-refractivity contribution >= 4 is 29.2 Å². The first kappa shape index (κ1) is 12.7. The molecule has 3 N–H and O–H groups in total. The van der Waals surface area contributed by atoms with Gasteiger partial charge < -0.3 is 10.9 Å². The minimum atomic E-state index is -0.0264. The molecular weight excluding hydrogens is 272 g/mol. The number of aromatic nitrogens is 2. The second kappa shape index (κ2) is 5.70. The first-order valence-corrected chi connectivity index (χ1v) is 6.12. The number of pyridine rings is 2. The highest BCUT2D eigenvalue weighted by atomic mass is 35.5. The number of oxime groups is 1. The zero-order valence-electron chi connectivity index (χ0n) is 9.12. The molecule has 0 aromatic carbocycles. The van der Waals surface area contributed by atoms with E-state index in [1.807, 2.05) is 12.1 Å². The third-order valence-electron chi connectivity index (χ3n) is 2.02. The third kappa shape index (κ3) is 3.12. The van der Waals surface area contributed by atoms with E-state index in [2.05, 4.69) is 15.1 Å². The van der Waals surface area contributed by atoms with Crippen molar-refractivity contribution in [3.63, 3.8) is 0 Å². The van der Waals surface area contributed by atoms with Crippen molar-refractivity contribution in [3.8, 4) is 0 Å². The van der Waals surface area contributed by atoms with Gasteiger partial charge in [-0.2, -0.15) is 0 Å². The Morgan fingerprint density at radius 2 is 2.17 bits per heavy atom. The molecular formula is C11H9ClN4OS. The van der Waals surface area contributed by atoms with Crippen LogP contribution in [-0.4, -0.2) is 21.0 Å². The molecule has 2 heterocycles. The fourth-order valence-electron chi connectivity index (χ4n) is 1.21. The molecule has 0 bridgehead atoms. The molecule has 0 spiro atoms. The van der Waals surface area contributed by atoms with E-state index < -0.39 is 0 Å². The van der Waals surface area contributed by atoms with Gasteiger partial charge in [0.05, 0.1) is 5.02 Å². The van der Waals surface area contributed by atoms with Crippen LogP contribution in [0.5, 0.6) is 0 Å². The third-order valence-corrected chi connectivity index (χ3v) is 3.19. The lowest BCUT2D eigenvalue weighted by atomic mass is 10.3. The summed E-state index contributed by atoms with van der Waals surface area (Å²) in [7, 11) is 0. The van der Waals surface area contributed by atoms with Crippen LogP contribution in [0.25, 0.3) is 0 Å². The molecule has 2 aromatic heterocycles. The van der Waals surface area contributed by atoms with Gasteiger partial charge in [0.1, 0.15) is 10.7 Å². The largest absolute Gasteiger partial charge is 0.409 e. The number of nitrogens with two attached hydrogens (primary N) is 1. The Hall–Kier alpha value is -1.79. The molecule has 7 heteroatoms. The molecule has 0 saturated heterocycles. The van der Waals surface area contributed by atoms with Crippen LogP contribution in [0.4, 0.5) is 0 Å². The molecule has 2 aromatic rings. The Bertz CT molecular complexity index is 574. The zero-order chi connectivity index (χ0) is 13.0. The number of rotatable bonds is 3. The fraction of sp³-hybridized carbons (Fsp3) is 0. The smallest absolute Gasteiger partial charge is 0.188 e. The van der Waals surface area contributed by atoms with E-state index in [9.17, 15) is 0 Å². The van der Waals surface area contributed by atoms with Crippen LogP contribution < -0.4 is 5.73 Å². The van der Waals surface area contributed by atoms with Gasteiger partial charge in [-0.3, -0.25) is 4.98 Å². The number of nitrogens with zero attached hydrogens (tertiary/aromatic N) is 3. The van der Waals surface area contributed by atoms with Crippen molar-refractivity contribution in [1.82, 2.24) is 9.97 Å². The van der Waals surface area contributed by atoms with Crippen LogP contribution in [0.3, 0.4) is 0 Å². The maximum absolute atomic E-state index is 8.59. The standard InChI is InChI=1S/C11H9ClN4OS/c12-7-1-2-10(15-6-7)18-8-3-4-14-9(5-8)11(13)16-17/h1-6,17H,(H2,13,16). The van der Waals surface area contributed by atoms with E-state index in [1.165, 1.54) is 11.8 Å². The highest BCUT2D eigenvalue weighted by Gasteiger charge is 2.04. The highest BCUT2D eigenvalue weighted by Crippen LogP contribution is 2.26. The molecule has 5 nitrogen and oxygen atoms in total. The lowest BCUT2D eigenvalue weighted by Gasteiger charge is -2.03. The van der Waals surface area contributed by atoms with Crippen molar-refractivity contribution in [1.29, 1.82) is 0 Å². The molecule has 0 radical (unpaired) electrons. The van der Waals surface area contributed by atoms with Crippen LogP contribution in [0, 0.1) is 0 Å². The summed E-state index contributed by atoms with van der Waals surface area (Å²) in [6.45, 7) is 0. The highest BCUT2D eigenvalue weighted by molar-refractivity contribution is 7.99. The molecule has 0 fully saturated rings. The quantitative estimate of drug-likeness (QED) is 0.390. The molecule has 0 aliphatic heterocycles. The van der Waals surface area contributed by atoms with Gasteiger partial charge in [0.15, 0.2) is 5.84 Å². The van der Waals surface area contributed by atoms with E-state index in [0.717, 1.165) is 9.92 Å². The van der Waals surface area contributed by atoms with Gasteiger partial charge >= 0.3 is 0 Å². The Kier molecular flexibility index (Phi) is 4.01. The summed E-state index contributed by atoms with van der Waals surface area (Å²) in [4.78, 5) is 9.05. The number of hydrogen-bond donors (Lipinski definition) is 2. The molecule has 2 rings (SSSR count). The summed E-state index contributed by atoms with van der Waals surface area (Å²) in [6, 6.07) is 7.12. The predicted octanol–water partition coefficient (Wildman–Crippen LogP) is 2.38. The van der Waals surface area contributed by atoms with Crippen molar-refractivity contribution in [2.75, 3.05) is 0 Å². The summed E-state index contributed by atoms with van der Waals surface area (Å²) < 4.78 is 0. The van der Waals surface area contributed by atoms with Gasteiger partial charge in [-0.15, -0.1) is 0 Å². The number of halogens is 1. The molecule has 0 aliphatic rings. The topological polar surface area (TPSA) is 84.4 Å². The first-order valence-electron chi connectivity index (χ1n) is 4.92. The van der Waals surface area contributed by atoms with Crippen LogP contribution >= 0.6 is 23.4 Å². The normalized spacial score (nSPS) is 11.5. The fourth-order valence-corrected chi connectivity index (χ4v) is 2.10. The van der Waals surface area contributed by atoms with Crippen LogP contribution in [0.2, 0.25) is 5.02 Å². The SMILES string of the molecule is NC(=NO)c1cc(Sc2ccc(Cl)cn2)ccn1. The lowest BCUT2D eigenvalue weighted by Crippen LogP contribution is -2.14. The maximum atomic E-state index is 8.59. The average molecular weight is 281 g/mol. The van der Waals surface area contributed by atoms with E-state index in [0.29, 0.717) is 10.7 Å². The molecule has 18 heavy (non-hydrogen) atoms. The van der Waals surface area contributed by atoms with Crippen molar-refractivity contribution in [2.24, 2.45) is 10.9 Å². The molecule has 0 atom stereocenters. The molecule has 0 unspecified atom stereocenters. The van der Waals surface area contributed by atoms with Crippen molar-refractivity contribution < 1.29 is 5.21 Å². The second-order valence-electron chi connectivity index (χ2n) is 3.28. The summed E-state index contributed by atoms with van der Waals surface area (Å²) >= 11 is 7.19.